The number of esters is 2. The minimum atomic E-state index is -0.0268. The van der Waals surface area contributed by atoms with E-state index in [2.05, 4.69) is 39.8 Å². The number of allylic oxidation sites excluding steroid dienone is 1. The summed E-state index contributed by atoms with van der Waals surface area (Å²) in [6, 6.07) is 0. The van der Waals surface area contributed by atoms with E-state index in [1.807, 2.05) is 0 Å². The highest BCUT2D eigenvalue weighted by molar-refractivity contribution is 5.69. The fraction of sp³-hybridized carbons (Fsp3) is 0.911. The number of hydrogen-bond acceptors (Lipinski definition) is 4. The van der Waals surface area contributed by atoms with Gasteiger partial charge in [-0.15, -0.1) is 0 Å². The molecule has 0 N–H and O–H groups in total. The lowest BCUT2D eigenvalue weighted by atomic mass is 9.99. The molecule has 0 rings (SSSR count). The molecule has 0 aromatic carbocycles. The average molecular weight is 691 g/mol. The lowest BCUT2D eigenvalue weighted by Crippen LogP contribution is -2.13. The second-order valence-electron chi connectivity index (χ2n) is 15.2. The van der Waals surface area contributed by atoms with E-state index in [0.717, 1.165) is 64.2 Å². The molecule has 2 unspecified atom stereocenters. The van der Waals surface area contributed by atoms with Gasteiger partial charge < -0.3 is 9.47 Å². The van der Waals surface area contributed by atoms with Gasteiger partial charge in [0.1, 0.15) is 0 Å². The fourth-order valence-electron chi connectivity index (χ4n) is 6.69. The summed E-state index contributed by atoms with van der Waals surface area (Å²) in [5.41, 5.74) is 0. The topological polar surface area (TPSA) is 52.6 Å². The Bertz CT molecular complexity index is 717. The second kappa shape index (κ2) is 39.5. The van der Waals surface area contributed by atoms with Gasteiger partial charge in [0.15, 0.2) is 0 Å². The summed E-state index contributed by atoms with van der Waals surface area (Å²) >= 11 is 0. The molecule has 0 heterocycles. The minimum Gasteiger partial charge on any atom is -0.465 e. The van der Waals surface area contributed by atoms with Crippen LogP contribution in [-0.2, 0) is 19.1 Å². The van der Waals surface area contributed by atoms with Gasteiger partial charge in [0.05, 0.1) is 13.2 Å². The largest absolute Gasteiger partial charge is 0.465 e. The monoisotopic (exact) mass is 691 g/mol. The molecule has 0 aliphatic carbocycles. The maximum Gasteiger partial charge on any atom is 0.305 e. The molecular weight excluding hydrogens is 604 g/mol. The van der Waals surface area contributed by atoms with Crippen molar-refractivity contribution in [2.24, 2.45) is 11.8 Å². The van der Waals surface area contributed by atoms with Crippen LogP contribution in [0.3, 0.4) is 0 Å². The molecule has 0 amide bonds. The predicted molar refractivity (Wildman–Crippen MR) is 213 cm³/mol. The molecule has 4 heteroatoms. The molecule has 49 heavy (non-hydrogen) atoms. The Morgan fingerprint density at radius 1 is 0.449 bits per heavy atom. The first-order chi connectivity index (χ1) is 24.1. The smallest absolute Gasteiger partial charge is 0.305 e. The zero-order valence-electron chi connectivity index (χ0n) is 33.7. The highest BCUT2D eigenvalue weighted by Crippen LogP contribution is 2.18. The summed E-state index contributed by atoms with van der Waals surface area (Å²) in [5.74, 6) is 0.783. The molecule has 0 radical (unpaired) electrons. The van der Waals surface area contributed by atoms with Gasteiger partial charge in [-0.25, -0.2) is 0 Å². The highest BCUT2D eigenvalue weighted by Gasteiger charge is 2.11. The Kier molecular flexibility index (Phi) is 38.4. The molecule has 4 nitrogen and oxygen atoms in total. The van der Waals surface area contributed by atoms with Crippen LogP contribution in [0.25, 0.3) is 0 Å². The maximum absolute atomic E-state index is 12.5. The van der Waals surface area contributed by atoms with Crippen molar-refractivity contribution in [1.29, 1.82) is 0 Å². The molecule has 0 saturated carbocycles. The molecule has 0 bridgehead atoms. The quantitative estimate of drug-likeness (QED) is 0.0366. The number of ether oxygens (including phenoxy) is 2. The van der Waals surface area contributed by atoms with Crippen molar-refractivity contribution in [1.82, 2.24) is 0 Å². The predicted octanol–water partition coefficient (Wildman–Crippen LogP) is 14.8. The van der Waals surface area contributed by atoms with E-state index in [0.29, 0.717) is 37.9 Å². The third-order valence-corrected chi connectivity index (χ3v) is 10.3. The molecule has 0 fully saturated rings. The van der Waals surface area contributed by atoms with Crippen molar-refractivity contribution in [3.05, 3.63) is 12.2 Å². The first-order valence-electron chi connectivity index (χ1n) is 22.0. The zero-order valence-corrected chi connectivity index (χ0v) is 33.7. The van der Waals surface area contributed by atoms with Crippen LogP contribution in [0.2, 0.25) is 0 Å². The molecule has 0 saturated heterocycles. The van der Waals surface area contributed by atoms with Crippen molar-refractivity contribution in [2.45, 2.75) is 240 Å². The van der Waals surface area contributed by atoms with Gasteiger partial charge in [0.25, 0.3) is 0 Å². The first kappa shape index (κ1) is 47.7. The first-order valence-corrected chi connectivity index (χ1v) is 22.0. The summed E-state index contributed by atoms with van der Waals surface area (Å²) in [4.78, 5) is 24.7. The third kappa shape index (κ3) is 36.3. The van der Waals surface area contributed by atoms with Crippen LogP contribution in [0.15, 0.2) is 12.2 Å². The Balaban J connectivity index is 4.10. The highest BCUT2D eigenvalue weighted by atomic mass is 16.5. The van der Waals surface area contributed by atoms with Crippen LogP contribution in [0.1, 0.15) is 240 Å². The summed E-state index contributed by atoms with van der Waals surface area (Å²) in [7, 11) is 0. The standard InChI is InChI=1S/C45H86O4/c1-5-9-12-14-16-17-18-19-20-21-22-23-25-29-33-39-45(47)49-41-43(36-31-27-24-15-13-10-6-2)37-32-28-26-30-34-38-44(46)48-40-42(8-4)35-11-7-3/h31,36,42-43H,5-30,32-35,37-41H2,1-4H3. The van der Waals surface area contributed by atoms with Gasteiger partial charge in [-0.3, -0.25) is 9.59 Å². The summed E-state index contributed by atoms with van der Waals surface area (Å²) in [6.45, 7) is 10.1. The van der Waals surface area contributed by atoms with Gasteiger partial charge in [0, 0.05) is 18.8 Å². The van der Waals surface area contributed by atoms with Crippen LogP contribution in [0, 0.1) is 11.8 Å². The van der Waals surface area contributed by atoms with Crippen LogP contribution >= 0.6 is 0 Å². The Morgan fingerprint density at radius 2 is 0.857 bits per heavy atom. The Hall–Kier alpha value is -1.32. The van der Waals surface area contributed by atoms with E-state index in [1.165, 1.54) is 135 Å². The molecule has 0 aliphatic heterocycles. The van der Waals surface area contributed by atoms with E-state index < -0.39 is 0 Å². The van der Waals surface area contributed by atoms with Crippen LogP contribution in [0.4, 0.5) is 0 Å². The van der Waals surface area contributed by atoms with E-state index in [-0.39, 0.29) is 11.9 Å². The molecule has 0 aliphatic rings. The normalized spacial score (nSPS) is 12.8. The van der Waals surface area contributed by atoms with Crippen molar-refractivity contribution in [2.75, 3.05) is 13.2 Å². The van der Waals surface area contributed by atoms with Crippen LogP contribution in [-0.4, -0.2) is 25.2 Å². The molecule has 2 atom stereocenters. The molecule has 0 spiro atoms. The number of carbonyl (C=O) groups is 2. The number of rotatable bonds is 39. The van der Waals surface area contributed by atoms with Crippen molar-refractivity contribution in [3.63, 3.8) is 0 Å². The van der Waals surface area contributed by atoms with E-state index in [1.54, 1.807) is 0 Å². The number of unbranched alkanes of at least 4 members (excludes halogenated alkanes) is 24. The van der Waals surface area contributed by atoms with Gasteiger partial charge in [-0.05, 0) is 44.4 Å². The van der Waals surface area contributed by atoms with Gasteiger partial charge in [-0.1, -0.05) is 200 Å². The number of hydrogen-bond donors (Lipinski definition) is 0. The molecule has 290 valence electrons. The van der Waals surface area contributed by atoms with E-state index in [4.69, 9.17) is 9.47 Å². The lowest BCUT2D eigenvalue weighted by Gasteiger charge is -2.14. The summed E-state index contributed by atoms with van der Waals surface area (Å²) < 4.78 is 11.3. The van der Waals surface area contributed by atoms with E-state index in [9.17, 15) is 9.59 Å². The number of carbonyl (C=O) groups excluding carboxylic acids is 2. The summed E-state index contributed by atoms with van der Waals surface area (Å²) in [6.07, 6.45) is 44.6. The fourth-order valence-corrected chi connectivity index (χ4v) is 6.69. The molecule has 0 aromatic heterocycles. The van der Waals surface area contributed by atoms with Gasteiger partial charge in [-0.2, -0.15) is 0 Å². The minimum absolute atomic E-state index is 0.0184. The van der Waals surface area contributed by atoms with Gasteiger partial charge >= 0.3 is 11.9 Å². The molecule has 0 aromatic rings. The van der Waals surface area contributed by atoms with Gasteiger partial charge in [0.2, 0.25) is 0 Å². The summed E-state index contributed by atoms with van der Waals surface area (Å²) in [5, 5.41) is 0. The van der Waals surface area contributed by atoms with Crippen LogP contribution in [0.5, 0.6) is 0 Å². The van der Waals surface area contributed by atoms with Crippen LogP contribution < -0.4 is 0 Å². The maximum atomic E-state index is 12.5. The average Bonchev–Trinajstić information content (AvgIpc) is 3.11. The Labute approximate surface area is 307 Å². The third-order valence-electron chi connectivity index (χ3n) is 10.3. The lowest BCUT2D eigenvalue weighted by molar-refractivity contribution is -0.146. The Morgan fingerprint density at radius 3 is 1.33 bits per heavy atom. The zero-order chi connectivity index (χ0) is 35.9. The molecular formula is C45H86O4. The van der Waals surface area contributed by atoms with Crippen molar-refractivity contribution in [3.8, 4) is 0 Å². The SMILES string of the molecule is CCCCCCCC=CC(CCCCCCCC(=O)OCC(CC)CCCC)COC(=O)CCCCCCCCCCCCCCCCC. The van der Waals surface area contributed by atoms with Crippen molar-refractivity contribution < 1.29 is 19.1 Å². The van der Waals surface area contributed by atoms with E-state index >= 15 is 0 Å². The second-order valence-corrected chi connectivity index (χ2v) is 15.2. The van der Waals surface area contributed by atoms with Crippen molar-refractivity contribution >= 4 is 11.9 Å².